The van der Waals surface area contributed by atoms with E-state index in [1.54, 1.807) is 0 Å². The second-order valence-corrected chi connectivity index (χ2v) is 7.51. The molecular formula is C22H30N4O2. The molecule has 1 heterocycles. The number of nitrogens with zero attached hydrogens (tertiary/aromatic N) is 3. The summed E-state index contributed by atoms with van der Waals surface area (Å²) in [7, 11) is 4.08. The highest BCUT2D eigenvalue weighted by Gasteiger charge is 2.21. The molecule has 0 radical (unpaired) electrons. The van der Waals surface area contributed by atoms with Gasteiger partial charge in [0.1, 0.15) is 5.75 Å². The Morgan fingerprint density at radius 3 is 2.11 bits per heavy atom. The van der Waals surface area contributed by atoms with Crippen molar-refractivity contribution in [3.8, 4) is 5.75 Å². The first-order valence-corrected chi connectivity index (χ1v) is 9.77. The third kappa shape index (κ3) is 5.09. The minimum absolute atomic E-state index is 0.0554. The fraction of sp³-hybridized carbons (Fsp3) is 0.409. The van der Waals surface area contributed by atoms with Crippen molar-refractivity contribution in [2.24, 2.45) is 0 Å². The summed E-state index contributed by atoms with van der Waals surface area (Å²) in [5, 5.41) is 2.97. The Bertz CT molecular complexity index is 764. The Labute approximate surface area is 167 Å². The van der Waals surface area contributed by atoms with Gasteiger partial charge in [0.2, 0.25) is 0 Å². The summed E-state index contributed by atoms with van der Waals surface area (Å²) in [5.74, 6) is 0.807. The minimum Gasteiger partial charge on any atom is -0.491 e. The number of rotatable bonds is 5. The molecule has 0 aromatic heterocycles. The van der Waals surface area contributed by atoms with Gasteiger partial charge in [0.05, 0.1) is 6.10 Å². The molecule has 0 aliphatic carbocycles. The molecule has 0 saturated carbocycles. The molecule has 1 aliphatic heterocycles. The van der Waals surface area contributed by atoms with Crippen LogP contribution in [0.25, 0.3) is 0 Å². The Morgan fingerprint density at radius 1 is 0.964 bits per heavy atom. The number of anilines is 3. The van der Waals surface area contributed by atoms with Gasteiger partial charge in [0, 0.05) is 57.3 Å². The molecule has 6 heteroatoms. The van der Waals surface area contributed by atoms with Crippen LogP contribution in [0.1, 0.15) is 13.8 Å². The second-order valence-electron chi connectivity index (χ2n) is 7.51. The molecule has 2 amide bonds. The zero-order valence-corrected chi connectivity index (χ0v) is 17.2. The predicted molar refractivity (Wildman–Crippen MR) is 116 cm³/mol. The summed E-state index contributed by atoms with van der Waals surface area (Å²) >= 11 is 0. The Hall–Kier alpha value is -2.89. The molecule has 1 aliphatic rings. The van der Waals surface area contributed by atoms with Gasteiger partial charge in [0.25, 0.3) is 0 Å². The number of nitrogens with one attached hydrogen (secondary N) is 1. The number of hydrogen-bond acceptors (Lipinski definition) is 4. The zero-order valence-electron chi connectivity index (χ0n) is 17.2. The van der Waals surface area contributed by atoms with Crippen LogP contribution in [-0.4, -0.2) is 57.3 Å². The van der Waals surface area contributed by atoms with Gasteiger partial charge in [-0.25, -0.2) is 4.79 Å². The fourth-order valence-corrected chi connectivity index (χ4v) is 3.22. The average molecular weight is 383 g/mol. The monoisotopic (exact) mass is 382 g/mol. The van der Waals surface area contributed by atoms with Crippen LogP contribution in [0.2, 0.25) is 0 Å². The van der Waals surface area contributed by atoms with Crippen LogP contribution in [0.15, 0.2) is 48.5 Å². The topological polar surface area (TPSA) is 48.1 Å². The van der Waals surface area contributed by atoms with Crippen LogP contribution in [0, 0.1) is 0 Å². The molecule has 6 nitrogen and oxygen atoms in total. The molecule has 28 heavy (non-hydrogen) atoms. The SMILES string of the molecule is CC(C)Oc1ccc(NC(=O)N2CCN(c3ccc(N(C)C)cc3)CC2)cc1. The van der Waals surface area contributed by atoms with Crippen LogP contribution in [-0.2, 0) is 0 Å². The summed E-state index contributed by atoms with van der Waals surface area (Å²) in [4.78, 5) is 18.8. The van der Waals surface area contributed by atoms with Gasteiger partial charge in [-0.1, -0.05) is 0 Å². The van der Waals surface area contributed by atoms with Crippen molar-refractivity contribution in [1.29, 1.82) is 0 Å². The quantitative estimate of drug-likeness (QED) is 0.852. The number of benzene rings is 2. The highest BCUT2D eigenvalue weighted by Crippen LogP contribution is 2.21. The van der Waals surface area contributed by atoms with E-state index in [0.717, 1.165) is 24.5 Å². The van der Waals surface area contributed by atoms with Crippen molar-refractivity contribution in [3.63, 3.8) is 0 Å². The van der Waals surface area contributed by atoms with E-state index in [2.05, 4.69) is 39.4 Å². The first kappa shape index (κ1) is 19.9. The number of urea groups is 1. The highest BCUT2D eigenvalue weighted by atomic mass is 16.5. The van der Waals surface area contributed by atoms with Crippen molar-refractivity contribution in [3.05, 3.63) is 48.5 Å². The average Bonchev–Trinajstić information content (AvgIpc) is 2.69. The number of amides is 2. The predicted octanol–water partition coefficient (Wildman–Crippen LogP) is 3.89. The molecule has 0 spiro atoms. The van der Waals surface area contributed by atoms with Gasteiger partial charge >= 0.3 is 6.03 Å². The second kappa shape index (κ2) is 8.87. The summed E-state index contributed by atoms with van der Waals surface area (Å²) in [5.41, 5.74) is 3.17. The van der Waals surface area contributed by atoms with Crippen LogP contribution in [0.5, 0.6) is 5.75 Å². The van der Waals surface area contributed by atoms with Gasteiger partial charge in [-0.15, -0.1) is 0 Å². The van der Waals surface area contributed by atoms with Crippen LogP contribution < -0.4 is 19.9 Å². The first-order valence-electron chi connectivity index (χ1n) is 9.77. The van der Waals surface area contributed by atoms with E-state index in [9.17, 15) is 4.79 Å². The largest absolute Gasteiger partial charge is 0.491 e. The van der Waals surface area contributed by atoms with Crippen molar-refractivity contribution in [2.45, 2.75) is 20.0 Å². The molecule has 1 saturated heterocycles. The van der Waals surface area contributed by atoms with E-state index in [4.69, 9.17) is 4.74 Å². The Kier molecular flexibility index (Phi) is 6.29. The fourth-order valence-electron chi connectivity index (χ4n) is 3.22. The van der Waals surface area contributed by atoms with Gasteiger partial charge < -0.3 is 24.8 Å². The lowest BCUT2D eigenvalue weighted by atomic mass is 10.2. The molecule has 3 rings (SSSR count). The van der Waals surface area contributed by atoms with Crippen molar-refractivity contribution in [2.75, 3.05) is 55.4 Å². The lowest BCUT2D eigenvalue weighted by Gasteiger charge is -2.36. The summed E-state index contributed by atoms with van der Waals surface area (Å²) in [6, 6.07) is 16.0. The van der Waals surface area contributed by atoms with Crippen molar-refractivity contribution in [1.82, 2.24) is 4.90 Å². The molecule has 0 unspecified atom stereocenters. The van der Waals surface area contributed by atoms with E-state index in [1.165, 1.54) is 11.4 Å². The molecule has 0 atom stereocenters. The molecule has 150 valence electrons. The van der Waals surface area contributed by atoms with Gasteiger partial charge in [-0.3, -0.25) is 0 Å². The van der Waals surface area contributed by atoms with Crippen LogP contribution in [0.4, 0.5) is 21.9 Å². The molecule has 0 bridgehead atoms. The summed E-state index contributed by atoms with van der Waals surface area (Å²) in [6.07, 6.45) is 0.135. The lowest BCUT2D eigenvalue weighted by molar-refractivity contribution is 0.208. The third-order valence-corrected chi connectivity index (χ3v) is 4.78. The summed E-state index contributed by atoms with van der Waals surface area (Å²) < 4.78 is 5.63. The van der Waals surface area contributed by atoms with E-state index in [0.29, 0.717) is 13.1 Å². The maximum atomic E-state index is 12.6. The number of ether oxygens (including phenoxy) is 1. The molecular weight excluding hydrogens is 352 g/mol. The third-order valence-electron chi connectivity index (χ3n) is 4.78. The lowest BCUT2D eigenvalue weighted by Crippen LogP contribution is -2.50. The molecule has 1 N–H and O–H groups in total. The number of carbonyl (C=O) groups is 1. The maximum Gasteiger partial charge on any atom is 0.321 e. The van der Waals surface area contributed by atoms with E-state index >= 15 is 0 Å². The van der Waals surface area contributed by atoms with Crippen molar-refractivity contribution >= 4 is 23.1 Å². The Balaban J connectivity index is 1.50. The van der Waals surface area contributed by atoms with Crippen molar-refractivity contribution < 1.29 is 9.53 Å². The maximum absolute atomic E-state index is 12.6. The first-order chi connectivity index (χ1) is 13.4. The summed E-state index contributed by atoms with van der Waals surface area (Å²) in [6.45, 7) is 7.05. The van der Waals surface area contributed by atoms with Gasteiger partial charge in [0.15, 0.2) is 0 Å². The van der Waals surface area contributed by atoms with Crippen LogP contribution in [0.3, 0.4) is 0 Å². The minimum atomic E-state index is -0.0554. The van der Waals surface area contributed by atoms with Gasteiger partial charge in [-0.2, -0.15) is 0 Å². The Morgan fingerprint density at radius 2 is 1.57 bits per heavy atom. The number of piperazine rings is 1. The van der Waals surface area contributed by atoms with E-state index < -0.39 is 0 Å². The van der Waals surface area contributed by atoms with Gasteiger partial charge in [-0.05, 0) is 62.4 Å². The van der Waals surface area contributed by atoms with E-state index in [-0.39, 0.29) is 12.1 Å². The number of hydrogen-bond donors (Lipinski definition) is 1. The molecule has 2 aromatic carbocycles. The molecule has 2 aromatic rings. The standard InChI is InChI=1S/C22H30N4O2/c1-17(2)28-21-11-5-18(6-12-21)23-22(27)26-15-13-25(14-16-26)20-9-7-19(8-10-20)24(3)4/h5-12,17H,13-16H2,1-4H3,(H,23,27). The van der Waals surface area contributed by atoms with E-state index in [1.807, 2.05) is 57.1 Å². The number of carbonyl (C=O) groups excluding carboxylic acids is 1. The normalized spacial score (nSPS) is 14.2. The smallest absolute Gasteiger partial charge is 0.321 e. The highest BCUT2D eigenvalue weighted by molar-refractivity contribution is 5.89. The zero-order chi connectivity index (χ0) is 20.1. The van der Waals surface area contributed by atoms with Crippen LogP contribution >= 0.6 is 0 Å². The molecule has 1 fully saturated rings.